The van der Waals surface area contributed by atoms with E-state index in [-0.39, 0.29) is 12.3 Å². The lowest BCUT2D eigenvalue weighted by atomic mass is 9.69. The van der Waals surface area contributed by atoms with Gasteiger partial charge in [0.2, 0.25) is 0 Å². The van der Waals surface area contributed by atoms with Gasteiger partial charge >= 0.3 is 0 Å². The van der Waals surface area contributed by atoms with Gasteiger partial charge in [0.05, 0.1) is 10.5 Å². The molecule has 3 rings (SSSR count). The number of hydrogen-bond donors (Lipinski definition) is 1. The number of rotatable bonds is 1. The predicted molar refractivity (Wildman–Crippen MR) is 62.6 cm³/mol. The summed E-state index contributed by atoms with van der Waals surface area (Å²) in [4.78, 5) is 0. The lowest BCUT2D eigenvalue weighted by Crippen LogP contribution is -2.44. The molecule has 1 heterocycles. The van der Waals surface area contributed by atoms with Gasteiger partial charge in [-0.05, 0) is 12.1 Å². The topological polar surface area (TPSA) is 28.7 Å². The molecule has 1 aliphatic rings. The summed E-state index contributed by atoms with van der Waals surface area (Å²) in [6.07, 6.45) is -0.128. The molecule has 1 aromatic heterocycles. The average molecular weight is 257 g/mol. The minimum absolute atomic E-state index is 0.128. The third-order valence-corrected chi connectivity index (χ3v) is 4.01. The highest BCUT2D eigenvalue weighted by Crippen LogP contribution is 2.54. The molecule has 0 spiro atoms. The largest absolute Gasteiger partial charge is 0.281 e. The monoisotopic (exact) mass is 256 g/mol. The van der Waals surface area contributed by atoms with E-state index in [0.29, 0.717) is 5.02 Å². The molecule has 17 heavy (non-hydrogen) atoms. The smallest absolute Gasteiger partial charge is 0.251 e. The van der Waals surface area contributed by atoms with Gasteiger partial charge in [0.1, 0.15) is 0 Å². The highest BCUT2D eigenvalue weighted by Gasteiger charge is 2.54. The number of halogens is 3. The number of H-pyrrole nitrogens is 1. The van der Waals surface area contributed by atoms with Crippen LogP contribution in [0.15, 0.2) is 18.2 Å². The second-order valence-corrected chi connectivity index (χ2v) is 5.04. The van der Waals surface area contributed by atoms with Crippen LogP contribution in [-0.4, -0.2) is 16.1 Å². The van der Waals surface area contributed by atoms with E-state index in [1.807, 2.05) is 6.07 Å². The average Bonchev–Trinajstić information content (AvgIpc) is 2.71. The van der Waals surface area contributed by atoms with E-state index >= 15 is 0 Å². The molecular formula is C12H11ClF2N2. The first kappa shape index (κ1) is 11.0. The molecular weight excluding hydrogens is 246 g/mol. The normalized spacial score (nSPS) is 27.1. The molecule has 1 aromatic carbocycles. The van der Waals surface area contributed by atoms with Crippen LogP contribution in [0.2, 0.25) is 5.02 Å². The number of benzene rings is 1. The molecule has 2 atom stereocenters. The summed E-state index contributed by atoms with van der Waals surface area (Å²) in [6, 6.07) is 5.38. The van der Waals surface area contributed by atoms with Gasteiger partial charge < -0.3 is 0 Å². The molecule has 1 fully saturated rings. The Balaban J connectivity index is 2.08. The van der Waals surface area contributed by atoms with Crippen molar-refractivity contribution >= 4 is 22.5 Å². The zero-order chi connectivity index (χ0) is 12.2. The van der Waals surface area contributed by atoms with E-state index in [2.05, 4.69) is 10.2 Å². The fourth-order valence-corrected chi connectivity index (χ4v) is 2.73. The van der Waals surface area contributed by atoms with Crippen molar-refractivity contribution in [2.75, 3.05) is 0 Å². The van der Waals surface area contributed by atoms with Crippen molar-refractivity contribution in [3.05, 3.63) is 28.9 Å². The van der Waals surface area contributed by atoms with Gasteiger partial charge in [-0.2, -0.15) is 5.10 Å². The molecule has 0 amide bonds. The fourth-order valence-electron chi connectivity index (χ4n) is 2.46. The zero-order valence-electron chi connectivity index (χ0n) is 9.17. The van der Waals surface area contributed by atoms with Crippen LogP contribution in [0.1, 0.15) is 25.0 Å². The van der Waals surface area contributed by atoms with E-state index in [4.69, 9.17) is 11.6 Å². The van der Waals surface area contributed by atoms with Gasteiger partial charge in [-0.3, -0.25) is 5.10 Å². The molecule has 0 bridgehead atoms. The van der Waals surface area contributed by atoms with Gasteiger partial charge in [-0.1, -0.05) is 24.6 Å². The minimum atomic E-state index is -2.57. The van der Waals surface area contributed by atoms with E-state index in [1.54, 1.807) is 19.1 Å². The summed E-state index contributed by atoms with van der Waals surface area (Å²) in [6.45, 7) is 1.57. The standard InChI is InChI=1S/C12H11ClF2N2/c1-6-7(5-12(6,14)15)11-10-8(13)3-2-4-9(10)16-17-11/h2-4,6-7H,5H2,1H3,(H,16,17). The number of aromatic amines is 1. The van der Waals surface area contributed by atoms with Gasteiger partial charge in [-0.15, -0.1) is 0 Å². The second-order valence-electron chi connectivity index (χ2n) is 4.63. The fraction of sp³-hybridized carbons (Fsp3) is 0.417. The van der Waals surface area contributed by atoms with Crippen molar-refractivity contribution < 1.29 is 8.78 Å². The van der Waals surface area contributed by atoms with Crippen LogP contribution in [0.5, 0.6) is 0 Å². The van der Waals surface area contributed by atoms with Crippen LogP contribution in [0, 0.1) is 5.92 Å². The Morgan fingerprint density at radius 1 is 1.47 bits per heavy atom. The van der Waals surface area contributed by atoms with Crippen LogP contribution >= 0.6 is 11.6 Å². The third kappa shape index (κ3) is 1.47. The van der Waals surface area contributed by atoms with Gasteiger partial charge in [0.25, 0.3) is 5.92 Å². The van der Waals surface area contributed by atoms with Gasteiger partial charge in [0, 0.05) is 29.3 Å². The van der Waals surface area contributed by atoms with Crippen molar-refractivity contribution in [3.63, 3.8) is 0 Å². The van der Waals surface area contributed by atoms with Crippen LogP contribution in [0.3, 0.4) is 0 Å². The Hall–Kier alpha value is -1.16. The Bertz CT molecular complexity index is 579. The molecule has 0 aliphatic heterocycles. The SMILES string of the molecule is CC1C(c2[nH]nc3cccc(Cl)c23)CC1(F)F. The van der Waals surface area contributed by atoms with Crippen LogP contribution in [0.4, 0.5) is 8.78 Å². The Labute approximate surface area is 102 Å². The number of hydrogen-bond acceptors (Lipinski definition) is 1. The van der Waals surface area contributed by atoms with Gasteiger partial charge in [0.15, 0.2) is 0 Å². The minimum Gasteiger partial charge on any atom is -0.281 e. The number of nitrogens with one attached hydrogen (secondary N) is 1. The van der Waals surface area contributed by atoms with Crippen molar-refractivity contribution in [2.45, 2.75) is 25.2 Å². The first-order valence-electron chi connectivity index (χ1n) is 5.51. The molecule has 0 radical (unpaired) electrons. The van der Waals surface area contributed by atoms with Crippen LogP contribution < -0.4 is 0 Å². The van der Waals surface area contributed by atoms with E-state index in [0.717, 1.165) is 16.6 Å². The quantitative estimate of drug-likeness (QED) is 0.822. The van der Waals surface area contributed by atoms with E-state index in [9.17, 15) is 8.78 Å². The summed E-state index contributed by atoms with van der Waals surface area (Å²) in [5.74, 6) is -3.42. The van der Waals surface area contributed by atoms with Crippen LogP contribution in [-0.2, 0) is 0 Å². The van der Waals surface area contributed by atoms with Crippen molar-refractivity contribution in [1.29, 1.82) is 0 Å². The number of aromatic nitrogens is 2. The summed E-state index contributed by atoms with van der Waals surface area (Å²) < 4.78 is 26.4. The maximum absolute atomic E-state index is 13.2. The first-order valence-corrected chi connectivity index (χ1v) is 5.89. The van der Waals surface area contributed by atoms with Crippen molar-refractivity contribution in [1.82, 2.24) is 10.2 Å². The third-order valence-electron chi connectivity index (χ3n) is 3.69. The highest BCUT2D eigenvalue weighted by atomic mass is 35.5. The maximum atomic E-state index is 13.2. The Morgan fingerprint density at radius 3 is 2.88 bits per heavy atom. The molecule has 2 aromatic rings. The first-order chi connectivity index (χ1) is 8.00. The predicted octanol–water partition coefficient (Wildman–Crippen LogP) is 3.98. The number of fused-ring (bicyclic) bond motifs is 1. The van der Waals surface area contributed by atoms with Gasteiger partial charge in [-0.25, -0.2) is 8.78 Å². The molecule has 1 aliphatic carbocycles. The van der Waals surface area contributed by atoms with E-state index in [1.165, 1.54) is 0 Å². The number of nitrogens with zero attached hydrogens (tertiary/aromatic N) is 1. The van der Waals surface area contributed by atoms with Crippen LogP contribution in [0.25, 0.3) is 10.9 Å². The second kappa shape index (κ2) is 3.42. The molecule has 2 unspecified atom stereocenters. The highest BCUT2D eigenvalue weighted by molar-refractivity contribution is 6.35. The van der Waals surface area contributed by atoms with Crippen molar-refractivity contribution in [3.8, 4) is 0 Å². The van der Waals surface area contributed by atoms with Crippen molar-refractivity contribution in [2.24, 2.45) is 5.92 Å². The van der Waals surface area contributed by atoms with E-state index < -0.39 is 11.8 Å². The summed E-state index contributed by atoms with van der Waals surface area (Å²) in [7, 11) is 0. The molecule has 5 heteroatoms. The Kier molecular flexibility index (Phi) is 2.20. The Morgan fingerprint density at radius 2 is 2.24 bits per heavy atom. The zero-order valence-corrected chi connectivity index (χ0v) is 9.93. The summed E-state index contributed by atoms with van der Waals surface area (Å²) in [5, 5.41) is 8.31. The molecule has 90 valence electrons. The molecule has 1 saturated carbocycles. The lowest BCUT2D eigenvalue weighted by molar-refractivity contribution is -0.141. The molecule has 2 nitrogen and oxygen atoms in total. The summed E-state index contributed by atoms with van der Waals surface area (Å²) >= 11 is 6.10. The maximum Gasteiger partial charge on any atom is 0.251 e. The number of alkyl halides is 2. The molecule has 0 saturated heterocycles. The lowest BCUT2D eigenvalue weighted by Gasteiger charge is -2.41. The summed E-state index contributed by atoms with van der Waals surface area (Å²) in [5.41, 5.74) is 1.47. The molecule has 1 N–H and O–H groups in total.